The topological polar surface area (TPSA) is 107 Å². The van der Waals surface area contributed by atoms with Gasteiger partial charge in [-0.1, -0.05) is 18.2 Å². The highest BCUT2D eigenvalue weighted by Crippen LogP contribution is 2.26. The number of nitrogens with zero attached hydrogens (tertiary/aromatic N) is 2. The molecule has 0 fully saturated rings. The summed E-state index contributed by atoms with van der Waals surface area (Å²) >= 11 is 0. The highest BCUT2D eigenvalue weighted by atomic mass is 16.2. The Hall–Kier alpha value is -2.83. The highest BCUT2D eigenvalue weighted by molar-refractivity contribution is 6.03. The number of amidine groups is 1. The number of nitrogens with two attached hydrogens (primary N) is 1. The third kappa shape index (κ3) is 4.13. The summed E-state index contributed by atoms with van der Waals surface area (Å²) in [6.07, 6.45) is 9.06. The van der Waals surface area contributed by atoms with E-state index < -0.39 is 0 Å². The first-order valence-corrected chi connectivity index (χ1v) is 9.46. The number of carbonyl (C=O) groups excluding carboxylic acids is 1. The summed E-state index contributed by atoms with van der Waals surface area (Å²) in [6.45, 7) is 6.80. The van der Waals surface area contributed by atoms with Crippen molar-refractivity contribution in [2.45, 2.75) is 52.1 Å². The Balaban J connectivity index is 1.71. The lowest BCUT2D eigenvalue weighted by atomic mass is 10.0. The zero-order valence-electron chi connectivity index (χ0n) is 16.2. The van der Waals surface area contributed by atoms with Gasteiger partial charge < -0.3 is 16.0 Å². The Kier molecular flexibility index (Phi) is 5.48. The summed E-state index contributed by atoms with van der Waals surface area (Å²) in [5.74, 6) is 0.812. The van der Waals surface area contributed by atoms with Crippen LogP contribution in [0.15, 0.2) is 29.9 Å². The zero-order chi connectivity index (χ0) is 19.6. The number of hydrogen-bond donors (Lipinski definition) is 4. The number of carbonyl (C=O) groups is 1. The van der Waals surface area contributed by atoms with Gasteiger partial charge in [0, 0.05) is 30.8 Å². The number of aromatic nitrogens is 1. The van der Waals surface area contributed by atoms with E-state index in [1.54, 1.807) is 6.07 Å². The molecule has 2 amide bonds. The summed E-state index contributed by atoms with van der Waals surface area (Å²) in [4.78, 5) is 18.9. The third-order valence-corrected chi connectivity index (χ3v) is 4.97. The molecule has 1 aliphatic heterocycles. The van der Waals surface area contributed by atoms with Gasteiger partial charge in [-0.3, -0.25) is 10.7 Å². The van der Waals surface area contributed by atoms with E-state index in [9.17, 15) is 4.79 Å². The molecule has 0 aromatic carbocycles. The first kappa shape index (κ1) is 18.9. The second-order valence-electron chi connectivity index (χ2n) is 7.31. The van der Waals surface area contributed by atoms with Crippen molar-refractivity contribution < 1.29 is 4.79 Å². The lowest BCUT2D eigenvalue weighted by Gasteiger charge is -2.34. The number of anilines is 2. The number of hydrogen-bond acceptors (Lipinski definition) is 4. The number of nitrogens with one attached hydrogen (secondary N) is 3. The number of fused-ring (bicyclic) bond motifs is 1. The van der Waals surface area contributed by atoms with Gasteiger partial charge in [-0.2, -0.15) is 0 Å². The van der Waals surface area contributed by atoms with Crippen LogP contribution in [0.3, 0.4) is 0 Å². The van der Waals surface area contributed by atoms with Gasteiger partial charge in [-0.25, -0.2) is 9.78 Å². The van der Waals surface area contributed by atoms with Crippen LogP contribution in [-0.2, 0) is 6.42 Å². The maximum absolute atomic E-state index is 12.3. The Morgan fingerprint density at radius 1 is 1.33 bits per heavy atom. The summed E-state index contributed by atoms with van der Waals surface area (Å²) in [5, 5.41) is 14.1. The van der Waals surface area contributed by atoms with Crippen LogP contribution in [0.4, 0.5) is 16.3 Å². The summed E-state index contributed by atoms with van der Waals surface area (Å²) < 4.78 is 0. The van der Waals surface area contributed by atoms with Gasteiger partial charge in [0.25, 0.3) is 0 Å². The molecule has 144 valence electrons. The molecule has 0 saturated heterocycles. The maximum Gasteiger partial charge on any atom is 0.320 e. The predicted octanol–water partition coefficient (Wildman–Crippen LogP) is 3.04. The van der Waals surface area contributed by atoms with E-state index in [1.165, 1.54) is 0 Å². The minimum absolute atomic E-state index is 0.0794. The van der Waals surface area contributed by atoms with Crippen LogP contribution < -0.4 is 16.4 Å². The van der Waals surface area contributed by atoms with Crippen molar-refractivity contribution in [3.63, 3.8) is 0 Å². The molecule has 2 aliphatic rings. The fraction of sp³-hybridized carbons (Fsp3) is 0.450. The SMILES string of the molecule is CC(NC(=O)Nc1cc(N)c2c(n1)CCN(C(C)C)C2=N)C1=CCCC=C1. The molecule has 0 radical (unpaired) electrons. The normalized spacial score (nSPS) is 17.4. The minimum atomic E-state index is -0.316. The molecule has 0 bridgehead atoms. The summed E-state index contributed by atoms with van der Waals surface area (Å²) in [7, 11) is 0. The van der Waals surface area contributed by atoms with Crippen LogP contribution in [0.2, 0.25) is 0 Å². The van der Waals surface area contributed by atoms with E-state index in [2.05, 4.69) is 47.7 Å². The molecule has 5 N–H and O–H groups in total. The quantitative estimate of drug-likeness (QED) is 0.655. The second kappa shape index (κ2) is 7.82. The molecule has 0 spiro atoms. The molecule has 7 nitrogen and oxygen atoms in total. The minimum Gasteiger partial charge on any atom is -0.398 e. The van der Waals surface area contributed by atoms with Crippen molar-refractivity contribution in [2.24, 2.45) is 0 Å². The monoisotopic (exact) mass is 368 g/mol. The van der Waals surface area contributed by atoms with Crippen molar-refractivity contribution in [3.8, 4) is 0 Å². The zero-order valence-corrected chi connectivity index (χ0v) is 16.2. The van der Waals surface area contributed by atoms with Crippen LogP contribution in [0, 0.1) is 5.41 Å². The summed E-state index contributed by atoms with van der Waals surface area (Å²) in [6, 6.07) is 1.47. The fourth-order valence-electron chi connectivity index (χ4n) is 3.52. The van der Waals surface area contributed by atoms with E-state index in [1.807, 2.05) is 11.8 Å². The average molecular weight is 368 g/mol. The number of urea groups is 1. The molecule has 27 heavy (non-hydrogen) atoms. The smallest absolute Gasteiger partial charge is 0.320 e. The first-order valence-electron chi connectivity index (χ1n) is 9.46. The Morgan fingerprint density at radius 3 is 2.78 bits per heavy atom. The van der Waals surface area contributed by atoms with Gasteiger partial charge in [0.2, 0.25) is 0 Å². The molecule has 7 heteroatoms. The van der Waals surface area contributed by atoms with Crippen LogP contribution in [0.25, 0.3) is 0 Å². The number of nitrogen functional groups attached to an aromatic ring is 1. The number of pyridine rings is 1. The lowest BCUT2D eigenvalue weighted by Crippen LogP contribution is -2.43. The molecular formula is C20H28N6O. The largest absolute Gasteiger partial charge is 0.398 e. The predicted molar refractivity (Wildman–Crippen MR) is 109 cm³/mol. The van der Waals surface area contributed by atoms with Crippen LogP contribution in [-0.4, -0.2) is 40.4 Å². The molecule has 1 unspecified atom stereocenters. The fourth-order valence-corrected chi connectivity index (χ4v) is 3.52. The van der Waals surface area contributed by atoms with Crippen LogP contribution in [0.5, 0.6) is 0 Å². The van der Waals surface area contributed by atoms with Crippen LogP contribution in [0.1, 0.15) is 44.9 Å². The van der Waals surface area contributed by atoms with Gasteiger partial charge in [0.1, 0.15) is 11.7 Å². The lowest BCUT2D eigenvalue weighted by molar-refractivity contribution is 0.250. The number of amides is 2. The number of rotatable bonds is 4. The van der Waals surface area contributed by atoms with E-state index in [0.717, 1.165) is 30.7 Å². The summed E-state index contributed by atoms with van der Waals surface area (Å²) in [5.41, 5.74) is 9.20. The van der Waals surface area contributed by atoms with E-state index in [0.29, 0.717) is 29.3 Å². The molecule has 3 rings (SSSR count). The molecule has 1 aliphatic carbocycles. The van der Waals surface area contributed by atoms with Gasteiger partial charge >= 0.3 is 6.03 Å². The first-order chi connectivity index (χ1) is 12.9. The van der Waals surface area contributed by atoms with Gasteiger partial charge in [0.15, 0.2) is 0 Å². The van der Waals surface area contributed by atoms with Gasteiger partial charge in [-0.15, -0.1) is 0 Å². The molecule has 1 aromatic heterocycles. The Bertz CT molecular complexity index is 811. The average Bonchev–Trinajstić information content (AvgIpc) is 2.61. The maximum atomic E-state index is 12.3. The van der Waals surface area contributed by atoms with Crippen molar-refractivity contribution in [1.82, 2.24) is 15.2 Å². The highest BCUT2D eigenvalue weighted by Gasteiger charge is 2.27. The van der Waals surface area contributed by atoms with Crippen molar-refractivity contribution in [2.75, 3.05) is 17.6 Å². The van der Waals surface area contributed by atoms with E-state index in [4.69, 9.17) is 11.1 Å². The third-order valence-electron chi connectivity index (χ3n) is 4.97. The number of allylic oxidation sites excluding steroid dienone is 2. The molecule has 1 atom stereocenters. The Morgan fingerprint density at radius 2 is 2.11 bits per heavy atom. The van der Waals surface area contributed by atoms with E-state index in [-0.39, 0.29) is 18.1 Å². The second-order valence-corrected chi connectivity index (χ2v) is 7.31. The Labute approximate surface area is 160 Å². The van der Waals surface area contributed by atoms with Gasteiger partial charge in [0.05, 0.1) is 17.3 Å². The molecule has 1 aromatic rings. The van der Waals surface area contributed by atoms with Crippen molar-refractivity contribution in [3.05, 3.63) is 41.1 Å². The standard InChI is InChI=1S/C20H28N6O/c1-12(2)26-10-9-16-18(19(26)22)15(21)11-17(24-16)25-20(27)23-13(3)14-7-5-4-6-8-14/h5,7-8,11-13,22H,4,6,9-10H2,1-3H3,(H4,21,23,24,25,27). The molecule has 0 saturated carbocycles. The van der Waals surface area contributed by atoms with E-state index >= 15 is 0 Å². The van der Waals surface area contributed by atoms with Crippen LogP contribution >= 0.6 is 0 Å². The van der Waals surface area contributed by atoms with Gasteiger partial charge in [-0.05, 0) is 39.2 Å². The van der Waals surface area contributed by atoms with Crippen molar-refractivity contribution in [1.29, 1.82) is 5.41 Å². The van der Waals surface area contributed by atoms with Crippen molar-refractivity contribution >= 4 is 23.4 Å². The molecule has 2 heterocycles. The molecular weight excluding hydrogens is 340 g/mol.